The third-order valence-electron chi connectivity index (χ3n) is 4.88. The molecule has 1 spiro atoms. The van der Waals surface area contributed by atoms with E-state index in [1.165, 1.54) is 38.5 Å². The molecule has 3 rings (SSSR count). The van der Waals surface area contributed by atoms with Gasteiger partial charge in [0, 0.05) is 15.3 Å². The van der Waals surface area contributed by atoms with Gasteiger partial charge in [-0.1, -0.05) is 53.2 Å². The molecular weight excluding hydrogens is 403 g/mol. The van der Waals surface area contributed by atoms with Crippen molar-refractivity contribution in [2.24, 2.45) is 5.41 Å². The van der Waals surface area contributed by atoms with E-state index < -0.39 is 0 Å². The van der Waals surface area contributed by atoms with Gasteiger partial charge in [-0.25, -0.2) is 0 Å². The third kappa shape index (κ3) is 2.78. The van der Waals surface area contributed by atoms with Gasteiger partial charge in [-0.3, -0.25) is 0 Å². The van der Waals surface area contributed by atoms with Crippen LogP contribution in [-0.4, -0.2) is 10.9 Å². The van der Waals surface area contributed by atoms with Gasteiger partial charge in [-0.2, -0.15) is 0 Å². The van der Waals surface area contributed by atoms with E-state index in [0.29, 0.717) is 16.3 Å². The highest BCUT2D eigenvalue weighted by atomic mass is 79.9. The minimum atomic E-state index is 0.336. The molecule has 20 heavy (non-hydrogen) atoms. The number of rotatable bonds is 2. The highest BCUT2D eigenvalue weighted by Crippen LogP contribution is 2.56. The molecule has 2 unspecified atom stereocenters. The first-order valence-electron chi connectivity index (χ1n) is 7.37. The van der Waals surface area contributed by atoms with Crippen LogP contribution in [0, 0.1) is 5.41 Å². The van der Waals surface area contributed by atoms with Crippen molar-refractivity contribution in [3.63, 3.8) is 0 Å². The Morgan fingerprint density at radius 3 is 2.45 bits per heavy atom. The Labute approximate surface area is 142 Å². The minimum Gasteiger partial charge on any atom is -0.489 e. The van der Waals surface area contributed by atoms with E-state index in [0.717, 1.165) is 21.7 Å². The van der Waals surface area contributed by atoms with Crippen molar-refractivity contribution >= 4 is 43.5 Å². The zero-order valence-corrected chi connectivity index (χ0v) is 15.3. The zero-order valence-electron chi connectivity index (χ0n) is 11.4. The maximum absolute atomic E-state index is 6.32. The van der Waals surface area contributed by atoms with Gasteiger partial charge in [0.15, 0.2) is 0 Å². The molecule has 2 aliphatic rings. The molecule has 0 radical (unpaired) electrons. The lowest BCUT2D eigenvalue weighted by atomic mass is 9.61. The lowest BCUT2D eigenvalue weighted by molar-refractivity contribution is -0.0465. The molecule has 0 saturated heterocycles. The molecule has 1 nitrogen and oxygen atoms in total. The fourth-order valence-electron chi connectivity index (χ4n) is 3.61. The maximum Gasteiger partial charge on any atom is 0.134 e. The van der Waals surface area contributed by atoms with Crippen LogP contribution >= 0.6 is 43.5 Å². The van der Waals surface area contributed by atoms with Crippen molar-refractivity contribution in [3.05, 3.63) is 27.7 Å². The molecule has 2 aliphatic carbocycles. The predicted molar refractivity (Wildman–Crippen MR) is 91.0 cm³/mol. The summed E-state index contributed by atoms with van der Waals surface area (Å²) in [5, 5.41) is 0.736. The molecule has 1 aromatic rings. The van der Waals surface area contributed by atoms with Gasteiger partial charge in [-0.15, -0.1) is 0 Å². The van der Waals surface area contributed by atoms with Crippen LogP contribution in [0.25, 0.3) is 0 Å². The minimum absolute atomic E-state index is 0.336. The second-order valence-corrected chi connectivity index (χ2v) is 8.43. The Bertz CT molecular complexity index is 483. The first-order valence-corrected chi connectivity index (χ1v) is 9.46. The Morgan fingerprint density at radius 1 is 1.15 bits per heavy atom. The van der Waals surface area contributed by atoms with Gasteiger partial charge < -0.3 is 4.74 Å². The molecule has 2 fully saturated rings. The lowest BCUT2D eigenvalue weighted by Gasteiger charge is -2.53. The first-order chi connectivity index (χ1) is 9.62. The van der Waals surface area contributed by atoms with Crippen LogP contribution < -0.4 is 4.74 Å². The highest BCUT2D eigenvalue weighted by molar-refractivity contribution is 9.10. The van der Waals surface area contributed by atoms with E-state index in [9.17, 15) is 0 Å². The van der Waals surface area contributed by atoms with Gasteiger partial charge in [0.05, 0.1) is 4.47 Å². The Kier molecular flexibility index (Phi) is 4.69. The molecule has 0 aliphatic heterocycles. The largest absolute Gasteiger partial charge is 0.489 e. The van der Waals surface area contributed by atoms with E-state index in [2.05, 4.69) is 31.9 Å². The van der Waals surface area contributed by atoms with Crippen molar-refractivity contribution in [1.82, 2.24) is 0 Å². The normalized spacial score (nSPS) is 28.8. The molecule has 1 aromatic carbocycles. The second-order valence-electron chi connectivity index (χ2n) is 6.03. The summed E-state index contributed by atoms with van der Waals surface area (Å²) < 4.78 is 7.27. The fraction of sp³-hybridized carbons (Fsp3) is 0.625. The summed E-state index contributed by atoms with van der Waals surface area (Å²) in [6.07, 6.45) is 9.44. The highest BCUT2D eigenvalue weighted by Gasteiger charge is 2.55. The Balaban J connectivity index is 1.76. The second kappa shape index (κ2) is 6.18. The number of ether oxygens (including phenoxy) is 1. The summed E-state index contributed by atoms with van der Waals surface area (Å²) >= 11 is 13.4. The molecule has 0 amide bonds. The van der Waals surface area contributed by atoms with E-state index >= 15 is 0 Å². The average molecular weight is 423 g/mol. The summed E-state index contributed by atoms with van der Waals surface area (Å²) in [4.78, 5) is 0.615. The summed E-state index contributed by atoms with van der Waals surface area (Å²) in [6, 6.07) is 5.77. The van der Waals surface area contributed by atoms with E-state index in [1.54, 1.807) is 0 Å². The van der Waals surface area contributed by atoms with Crippen molar-refractivity contribution in [1.29, 1.82) is 0 Å². The van der Waals surface area contributed by atoms with Crippen LogP contribution in [0.1, 0.15) is 44.9 Å². The van der Waals surface area contributed by atoms with Gasteiger partial charge >= 0.3 is 0 Å². The molecule has 0 aromatic heterocycles. The first kappa shape index (κ1) is 15.2. The van der Waals surface area contributed by atoms with Crippen LogP contribution in [0.5, 0.6) is 5.75 Å². The quantitative estimate of drug-likeness (QED) is 0.504. The Hall–Kier alpha value is 0.270. The van der Waals surface area contributed by atoms with Crippen LogP contribution in [-0.2, 0) is 0 Å². The number of hydrogen-bond donors (Lipinski definition) is 0. The number of halogens is 3. The van der Waals surface area contributed by atoms with E-state index in [4.69, 9.17) is 16.3 Å². The molecule has 4 heteroatoms. The summed E-state index contributed by atoms with van der Waals surface area (Å²) in [5.74, 6) is 0.919. The van der Waals surface area contributed by atoms with E-state index in [-0.39, 0.29) is 0 Å². The molecule has 2 saturated carbocycles. The molecule has 2 atom stereocenters. The Morgan fingerprint density at radius 2 is 1.85 bits per heavy atom. The number of alkyl halides is 1. The average Bonchev–Trinajstić information content (AvgIpc) is 2.69. The summed E-state index contributed by atoms with van der Waals surface area (Å²) in [5.41, 5.74) is 0.343. The van der Waals surface area contributed by atoms with Crippen LogP contribution in [0.15, 0.2) is 22.7 Å². The van der Waals surface area contributed by atoms with Gasteiger partial charge in [0.25, 0.3) is 0 Å². The van der Waals surface area contributed by atoms with Crippen molar-refractivity contribution in [2.75, 3.05) is 0 Å². The predicted octanol–water partition coefficient (Wildman–Crippen LogP) is 6.36. The van der Waals surface area contributed by atoms with Gasteiger partial charge in [0.2, 0.25) is 0 Å². The van der Waals surface area contributed by atoms with Crippen LogP contribution in [0.4, 0.5) is 0 Å². The summed E-state index contributed by atoms with van der Waals surface area (Å²) in [6.45, 7) is 0. The smallest absolute Gasteiger partial charge is 0.134 e. The fourth-order valence-corrected chi connectivity index (χ4v) is 5.48. The van der Waals surface area contributed by atoms with Gasteiger partial charge in [-0.05, 0) is 53.4 Å². The van der Waals surface area contributed by atoms with Crippen molar-refractivity contribution in [2.45, 2.75) is 55.9 Å². The molecule has 110 valence electrons. The SMILES string of the molecule is Clc1ccc(OC2CC(Br)C23CCCCCC3)c(Br)c1. The molecule has 0 N–H and O–H groups in total. The standard InChI is InChI=1S/C16H19Br2ClO/c17-12-9-11(19)5-6-13(12)20-15-10-14(18)16(15)7-3-1-2-4-8-16/h5-6,9,14-15H,1-4,7-8,10H2. The molecular formula is C16H19Br2ClO. The topological polar surface area (TPSA) is 9.23 Å². The molecule has 0 bridgehead atoms. The lowest BCUT2D eigenvalue weighted by Crippen LogP contribution is -2.56. The third-order valence-corrected chi connectivity index (χ3v) is 7.02. The van der Waals surface area contributed by atoms with E-state index in [1.807, 2.05) is 18.2 Å². The zero-order chi connectivity index (χ0) is 14.2. The maximum atomic E-state index is 6.32. The number of benzene rings is 1. The summed E-state index contributed by atoms with van der Waals surface area (Å²) in [7, 11) is 0. The molecule has 0 heterocycles. The van der Waals surface area contributed by atoms with Crippen LogP contribution in [0.2, 0.25) is 5.02 Å². The monoisotopic (exact) mass is 420 g/mol. The van der Waals surface area contributed by atoms with Gasteiger partial charge in [0.1, 0.15) is 11.9 Å². The van der Waals surface area contributed by atoms with Crippen molar-refractivity contribution in [3.8, 4) is 5.75 Å². The van der Waals surface area contributed by atoms with Crippen molar-refractivity contribution < 1.29 is 4.74 Å². The van der Waals surface area contributed by atoms with Crippen LogP contribution in [0.3, 0.4) is 0 Å². The number of hydrogen-bond acceptors (Lipinski definition) is 1.